The van der Waals surface area contributed by atoms with Crippen LogP contribution < -0.4 is 0 Å². The van der Waals surface area contributed by atoms with Crippen molar-refractivity contribution in [3.05, 3.63) is 0 Å². The van der Waals surface area contributed by atoms with Crippen molar-refractivity contribution >= 4 is 0 Å². The summed E-state index contributed by atoms with van der Waals surface area (Å²) in [7, 11) is 0. The Balaban J connectivity index is 3.96. The third-order valence-electron chi connectivity index (χ3n) is 3.63. The van der Waals surface area contributed by atoms with E-state index in [0.717, 1.165) is 12.8 Å². The summed E-state index contributed by atoms with van der Waals surface area (Å²) < 4.78 is 16.6. The molecular formula is C17H36O4. The summed E-state index contributed by atoms with van der Waals surface area (Å²) in [6.07, 6.45) is 9.61. The molecule has 0 aromatic carbocycles. The summed E-state index contributed by atoms with van der Waals surface area (Å²) in [5.74, 6) is 0. The fourth-order valence-corrected chi connectivity index (χ4v) is 2.25. The summed E-state index contributed by atoms with van der Waals surface area (Å²) in [4.78, 5) is 0. The van der Waals surface area contributed by atoms with Crippen molar-refractivity contribution in [1.82, 2.24) is 0 Å². The predicted molar refractivity (Wildman–Crippen MR) is 86.2 cm³/mol. The molecule has 0 saturated heterocycles. The fourth-order valence-electron chi connectivity index (χ4n) is 2.25. The van der Waals surface area contributed by atoms with Crippen molar-refractivity contribution in [3.8, 4) is 0 Å². The zero-order valence-corrected chi connectivity index (χ0v) is 14.5. The van der Waals surface area contributed by atoms with Gasteiger partial charge in [-0.2, -0.15) is 0 Å². The second-order valence-corrected chi connectivity index (χ2v) is 5.80. The van der Waals surface area contributed by atoms with Crippen molar-refractivity contribution in [2.75, 3.05) is 19.8 Å². The maximum atomic E-state index is 9.61. The molecule has 4 heteroatoms. The van der Waals surface area contributed by atoms with E-state index in [1.165, 1.54) is 38.5 Å². The van der Waals surface area contributed by atoms with Crippen LogP contribution in [0.25, 0.3) is 0 Å². The van der Waals surface area contributed by atoms with Gasteiger partial charge >= 0.3 is 0 Å². The lowest BCUT2D eigenvalue weighted by Crippen LogP contribution is -2.39. The van der Waals surface area contributed by atoms with Gasteiger partial charge in [-0.15, -0.1) is 0 Å². The Bertz CT molecular complexity index is 217. The van der Waals surface area contributed by atoms with Gasteiger partial charge in [0.1, 0.15) is 0 Å². The average molecular weight is 304 g/mol. The molecular weight excluding hydrogens is 268 g/mol. The third kappa shape index (κ3) is 11.1. The van der Waals surface area contributed by atoms with Gasteiger partial charge in [0.2, 0.25) is 0 Å². The molecule has 1 N–H and O–H groups in total. The topological polar surface area (TPSA) is 47.9 Å². The van der Waals surface area contributed by atoms with Crippen molar-refractivity contribution in [1.29, 1.82) is 0 Å². The highest BCUT2D eigenvalue weighted by molar-refractivity contribution is 4.74. The molecule has 0 amide bonds. The lowest BCUT2D eigenvalue weighted by atomic mass is 9.98. The molecule has 0 aliphatic heterocycles. The normalized spacial score (nSPS) is 14.6. The van der Waals surface area contributed by atoms with Crippen LogP contribution in [-0.4, -0.2) is 37.0 Å². The lowest BCUT2D eigenvalue weighted by molar-refractivity contribution is -0.327. The summed E-state index contributed by atoms with van der Waals surface area (Å²) >= 11 is 0. The van der Waals surface area contributed by atoms with Crippen LogP contribution in [0, 0.1) is 0 Å². The second kappa shape index (κ2) is 13.5. The highest BCUT2D eigenvalue weighted by Crippen LogP contribution is 2.22. The Hall–Kier alpha value is -0.160. The zero-order chi connectivity index (χ0) is 16.0. The van der Waals surface area contributed by atoms with Crippen molar-refractivity contribution in [2.24, 2.45) is 0 Å². The monoisotopic (exact) mass is 304 g/mol. The minimum atomic E-state index is -0.679. The SMILES string of the molecule is CCCCCCCCCC(C)(CO)OC(OCC)OCC. The van der Waals surface area contributed by atoms with E-state index in [0.29, 0.717) is 13.2 Å². The van der Waals surface area contributed by atoms with Gasteiger partial charge in [-0.1, -0.05) is 51.9 Å². The van der Waals surface area contributed by atoms with E-state index in [9.17, 15) is 5.11 Å². The molecule has 0 saturated carbocycles. The van der Waals surface area contributed by atoms with Crippen LogP contribution >= 0.6 is 0 Å². The third-order valence-corrected chi connectivity index (χ3v) is 3.63. The minimum absolute atomic E-state index is 0.0144. The maximum absolute atomic E-state index is 9.61. The van der Waals surface area contributed by atoms with Crippen LogP contribution in [-0.2, 0) is 14.2 Å². The standard InChI is InChI=1S/C17H36O4/c1-5-8-9-10-11-12-13-14-17(4,15-18)21-16(19-6-2)20-7-3/h16,18H,5-15H2,1-4H3. The van der Waals surface area contributed by atoms with Crippen LogP contribution in [0.15, 0.2) is 0 Å². The van der Waals surface area contributed by atoms with Gasteiger partial charge in [-0.25, -0.2) is 0 Å². The first-order chi connectivity index (χ1) is 10.1. The Morgan fingerprint density at radius 1 is 0.857 bits per heavy atom. The Morgan fingerprint density at radius 2 is 1.38 bits per heavy atom. The number of rotatable bonds is 15. The van der Waals surface area contributed by atoms with Crippen LogP contribution in [0.5, 0.6) is 0 Å². The van der Waals surface area contributed by atoms with E-state index >= 15 is 0 Å². The van der Waals surface area contributed by atoms with Crippen LogP contribution in [0.2, 0.25) is 0 Å². The number of hydrogen-bond donors (Lipinski definition) is 1. The first kappa shape index (κ1) is 20.8. The zero-order valence-electron chi connectivity index (χ0n) is 14.5. The molecule has 0 aliphatic carbocycles. The summed E-state index contributed by atoms with van der Waals surface area (Å²) in [5.41, 5.74) is -0.585. The molecule has 0 fully saturated rings. The van der Waals surface area contributed by atoms with Gasteiger partial charge in [0, 0.05) is 13.2 Å². The largest absolute Gasteiger partial charge is 0.393 e. The van der Waals surface area contributed by atoms with Gasteiger partial charge in [0.05, 0.1) is 12.2 Å². The van der Waals surface area contributed by atoms with Gasteiger partial charge in [-0.3, -0.25) is 0 Å². The quantitative estimate of drug-likeness (QED) is 0.363. The molecule has 0 aromatic heterocycles. The molecule has 0 aliphatic rings. The molecule has 1 atom stereocenters. The number of ether oxygens (including phenoxy) is 3. The molecule has 4 nitrogen and oxygen atoms in total. The van der Waals surface area contributed by atoms with Gasteiger partial charge < -0.3 is 19.3 Å². The van der Waals surface area contributed by atoms with E-state index in [2.05, 4.69) is 6.92 Å². The van der Waals surface area contributed by atoms with Crippen LogP contribution in [0.3, 0.4) is 0 Å². The first-order valence-corrected chi connectivity index (χ1v) is 8.63. The summed E-state index contributed by atoms with van der Waals surface area (Å²) in [6, 6.07) is 0. The Labute approximate surface area is 131 Å². The molecule has 0 heterocycles. The summed E-state index contributed by atoms with van der Waals surface area (Å²) in [6.45, 7) is 8.34. The smallest absolute Gasteiger partial charge is 0.272 e. The minimum Gasteiger partial charge on any atom is -0.393 e. The highest BCUT2D eigenvalue weighted by Gasteiger charge is 2.28. The van der Waals surface area contributed by atoms with Crippen LogP contribution in [0.4, 0.5) is 0 Å². The second-order valence-electron chi connectivity index (χ2n) is 5.80. The number of unbranched alkanes of at least 4 members (excludes halogenated alkanes) is 6. The number of aliphatic hydroxyl groups is 1. The highest BCUT2D eigenvalue weighted by atomic mass is 16.8. The molecule has 0 bridgehead atoms. The van der Waals surface area contributed by atoms with Gasteiger partial charge in [-0.05, 0) is 27.2 Å². The predicted octanol–water partition coefficient (Wildman–Crippen LogP) is 4.25. The molecule has 128 valence electrons. The van der Waals surface area contributed by atoms with E-state index in [4.69, 9.17) is 14.2 Å². The van der Waals surface area contributed by atoms with Crippen molar-refractivity contribution in [3.63, 3.8) is 0 Å². The van der Waals surface area contributed by atoms with E-state index in [-0.39, 0.29) is 6.61 Å². The molecule has 0 radical (unpaired) electrons. The first-order valence-electron chi connectivity index (χ1n) is 8.63. The molecule has 0 rings (SSSR count). The van der Waals surface area contributed by atoms with Crippen LogP contribution in [0.1, 0.15) is 79.1 Å². The Kier molecular flexibility index (Phi) is 13.4. The van der Waals surface area contributed by atoms with Gasteiger partial charge in [0.15, 0.2) is 0 Å². The van der Waals surface area contributed by atoms with E-state index in [1.54, 1.807) is 0 Å². The summed E-state index contributed by atoms with van der Waals surface area (Å²) in [5, 5.41) is 9.61. The lowest BCUT2D eigenvalue weighted by Gasteiger charge is -2.32. The number of hydrogen-bond acceptors (Lipinski definition) is 4. The number of aliphatic hydroxyl groups excluding tert-OH is 1. The van der Waals surface area contributed by atoms with E-state index < -0.39 is 12.1 Å². The van der Waals surface area contributed by atoms with E-state index in [1.807, 2.05) is 20.8 Å². The Morgan fingerprint density at radius 3 is 1.86 bits per heavy atom. The van der Waals surface area contributed by atoms with Gasteiger partial charge in [0.25, 0.3) is 6.48 Å². The molecule has 21 heavy (non-hydrogen) atoms. The molecule has 0 spiro atoms. The van der Waals surface area contributed by atoms with Crippen molar-refractivity contribution < 1.29 is 19.3 Å². The molecule has 0 aromatic rings. The maximum Gasteiger partial charge on any atom is 0.272 e. The van der Waals surface area contributed by atoms with Crippen molar-refractivity contribution in [2.45, 2.75) is 91.1 Å². The molecule has 1 unspecified atom stereocenters. The fraction of sp³-hybridized carbons (Fsp3) is 1.00. The average Bonchev–Trinajstić information content (AvgIpc) is 2.47.